The molecule has 0 atom stereocenters. The Hall–Kier alpha value is -2.48. The summed E-state index contributed by atoms with van der Waals surface area (Å²) in [6, 6.07) is 4.87. The van der Waals surface area contributed by atoms with Crippen LogP contribution in [0.15, 0.2) is 23.1 Å². The average molecular weight is 379 g/mol. The lowest BCUT2D eigenvalue weighted by Crippen LogP contribution is -2.29. The lowest BCUT2D eigenvalue weighted by atomic mass is 10.2. The minimum atomic E-state index is -1.09. The molecular weight excluding hydrogens is 358 g/mol. The van der Waals surface area contributed by atoms with Crippen LogP contribution in [0.3, 0.4) is 0 Å². The summed E-state index contributed by atoms with van der Waals surface area (Å²) in [6.07, 6.45) is 4.40. The van der Waals surface area contributed by atoms with Gasteiger partial charge < -0.3 is 14.6 Å². The van der Waals surface area contributed by atoms with Crippen LogP contribution in [0.1, 0.15) is 31.7 Å². The van der Waals surface area contributed by atoms with E-state index in [1.54, 1.807) is 24.3 Å². The Balaban J connectivity index is 2.14. The summed E-state index contributed by atoms with van der Waals surface area (Å²) in [5.74, 6) is -0.740. The number of aliphatic carboxylic acids is 1. The van der Waals surface area contributed by atoms with E-state index in [1.807, 2.05) is 0 Å². The van der Waals surface area contributed by atoms with Crippen molar-refractivity contribution in [2.24, 2.45) is 0 Å². The van der Waals surface area contributed by atoms with E-state index in [0.717, 1.165) is 31.0 Å². The van der Waals surface area contributed by atoms with Crippen molar-refractivity contribution in [3.63, 3.8) is 0 Å². The second-order valence-corrected chi connectivity index (χ2v) is 6.63. The Labute approximate surface area is 156 Å². The first-order valence-electron chi connectivity index (χ1n) is 8.24. The molecule has 0 radical (unpaired) electrons. The van der Waals surface area contributed by atoms with Gasteiger partial charge in [-0.25, -0.2) is 4.79 Å². The third-order valence-corrected chi connectivity index (χ3v) is 4.60. The van der Waals surface area contributed by atoms with Crippen molar-refractivity contribution in [2.75, 3.05) is 20.3 Å². The van der Waals surface area contributed by atoms with E-state index >= 15 is 0 Å². The van der Waals surface area contributed by atoms with Crippen LogP contribution in [-0.4, -0.2) is 47.4 Å². The molecule has 0 aliphatic carbocycles. The van der Waals surface area contributed by atoms with E-state index in [2.05, 4.69) is 6.92 Å². The first-order valence-corrected chi connectivity index (χ1v) is 9.06. The monoisotopic (exact) mass is 379 g/mol. The van der Waals surface area contributed by atoms with Gasteiger partial charge in [0.2, 0.25) is 0 Å². The van der Waals surface area contributed by atoms with Crippen LogP contribution in [0.2, 0.25) is 0 Å². The fraction of sp³-hybridized carbons (Fsp3) is 0.389. The smallest absolute Gasteiger partial charge is 0.341 e. The fourth-order valence-electron chi connectivity index (χ4n) is 2.40. The lowest BCUT2D eigenvalue weighted by Gasteiger charge is -2.11. The van der Waals surface area contributed by atoms with Crippen molar-refractivity contribution in [1.29, 1.82) is 0 Å². The summed E-state index contributed by atoms with van der Waals surface area (Å²) >= 11 is 0.915. The number of imide groups is 1. The summed E-state index contributed by atoms with van der Waals surface area (Å²) in [6.45, 7) is 2.01. The summed E-state index contributed by atoms with van der Waals surface area (Å²) < 4.78 is 10.3. The molecule has 1 aliphatic heterocycles. The highest BCUT2D eigenvalue weighted by Gasteiger charge is 2.34. The van der Waals surface area contributed by atoms with Crippen molar-refractivity contribution in [3.05, 3.63) is 28.7 Å². The highest BCUT2D eigenvalue weighted by Crippen LogP contribution is 2.34. The average Bonchev–Trinajstić information content (AvgIpc) is 2.87. The van der Waals surface area contributed by atoms with E-state index < -0.39 is 12.6 Å². The Morgan fingerprint density at radius 1 is 1.27 bits per heavy atom. The van der Waals surface area contributed by atoms with Crippen molar-refractivity contribution in [1.82, 2.24) is 4.90 Å². The Morgan fingerprint density at radius 2 is 2.04 bits per heavy atom. The lowest BCUT2D eigenvalue weighted by molar-refractivity contribution is -0.139. The summed E-state index contributed by atoms with van der Waals surface area (Å²) in [5.41, 5.74) is 0.656. The van der Waals surface area contributed by atoms with Gasteiger partial charge in [-0.3, -0.25) is 14.5 Å². The van der Waals surface area contributed by atoms with Gasteiger partial charge in [-0.1, -0.05) is 25.8 Å². The molecule has 1 saturated heterocycles. The van der Waals surface area contributed by atoms with Crippen LogP contribution < -0.4 is 9.47 Å². The molecule has 1 fully saturated rings. The summed E-state index contributed by atoms with van der Waals surface area (Å²) in [4.78, 5) is 36.7. The number of carboxylic acid groups (broad SMARTS) is 1. The number of ether oxygens (including phenoxy) is 2. The maximum atomic E-state index is 12.4. The molecule has 140 valence electrons. The number of thioether (sulfide) groups is 1. The normalized spacial score (nSPS) is 15.6. The van der Waals surface area contributed by atoms with Gasteiger partial charge in [-0.2, -0.15) is 0 Å². The van der Waals surface area contributed by atoms with Crippen molar-refractivity contribution >= 4 is 35.0 Å². The number of carboxylic acids is 1. The zero-order valence-electron chi connectivity index (χ0n) is 14.7. The van der Waals surface area contributed by atoms with E-state index in [0.29, 0.717) is 28.5 Å². The van der Waals surface area contributed by atoms with Crippen LogP contribution in [-0.2, 0) is 9.59 Å². The zero-order chi connectivity index (χ0) is 19.1. The van der Waals surface area contributed by atoms with Crippen molar-refractivity contribution < 1.29 is 29.0 Å². The van der Waals surface area contributed by atoms with Crippen molar-refractivity contribution in [2.45, 2.75) is 26.2 Å². The largest absolute Gasteiger partial charge is 0.493 e. The molecule has 0 saturated carbocycles. The zero-order valence-corrected chi connectivity index (χ0v) is 15.5. The minimum absolute atomic E-state index is 0.259. The molecule has 0 bridgehead atoms. The molecule has 8 heteroatoms. The Kier molecular flexibility index (Phi) is 7.08. The predicted molar refractivity (Wildman–Crippen MR) is 98.3 cm³/mol. The maximum Gasteiger partial charge on any atom is 0.341 e. The molecule has 0 unspecified atom stereocenters. The molecule has 1 N–H and O–H groups in total. The number of benzene rings is 1. The minimum Gasteiger partial charge on any atom is -0.493 e. The highest BCUT2D eigenvalue weighted by molar-refractivity contribution is 8.18. The van der Waals surface area contributed by atoms with Crippen LogP contribution in [0, 0.1) is 0 Å². The van der Waals surface area contributed by atoms with Crippen LogP contribution in [0.5, 0.6) is 11.5 Å². The van der Waals surface area contributed by atoms with Gasteiger partial charge in [0.1, 0.15) is 0 Å². The second-order valence-electron chi connectivity index (χ2n) is 5.63. The number of carbonyl (C=O) groups is 3. The quantitative estimate of drug-likeness (QED) is 0.519. The number of hydrogen-bond donors (Lipinski definition) is 1. The highest BCUT2D eigenvalue weighted by atomic mass is 32.2. The molecule has 7 nitrogen and oxygen atoms in total. The molecule has 1 heterocycles. The molecule has 1 aliphatic rings. The third kappa shape index (κ3) is 5.01. The number of hydrogen-bond acceptors (Lipinski definition) is 6. The Morgan fingerprint density at radius 3 is 2.69 bits per heavy atom. The first kappa shape index (κ1) is 19.8. The number of nitrogens with zero attached hydrogens (tertiary/aromatic N) is 1. The van der Waals surface area contributed by atoms with E-state index in [1.165, 1.54) is 12.0 Å². The SMILES string of the molecule is CCCCCN1C(=O)S/C(=C\c2ccc(OCC(=O)O)c(OC)c2)C1=O. The van der Waals surface area contributed by atoms with Crippen LogP contribution in [0.25, 0.3) is 6.08 Å². The number of methoxy groups -OCH3 is 1. The third-order valence-electron chi connectivity index (χ3n) is 3.70. The molecule has 1 aromatic carbocycles. The van der Waals surface area contributed by atoms with E-state index in [-0.39, 0.29) is 11.1 Å². The van der Waals surface area contributed by atoms with Gasteiger partial charge in [-0.15, -0.1) is 0 Å². The van der Waals surface area contributed by atoms with Crippen LogP contribution >= 0.6 is 11.8 Å². The molecular formula is C18H21NO6S. The topological polar surface area (TPSA) is 93.1 Å². The fourth-order valence-corrected chi connectivity index (χ4v) is 3.26. The van der Waals surface area contributed by atoms with Crippen LogP contribution in [0.4, 0.5) is 4.79 Å². The predicted octanol–water partition coefficient (Wildman–Crippen LogP) is 3.39. The van der Waals surface area contributed by atoms with Gasteiger partial charge in [-0.05, 0) is 42.0 Å². The number of amides is 2. The number of carbonyl (C=O) groups excluding carboxylic acids is 2. The molecule has 2 amide bonds. The number of unbranched alkanes of at least 4 members (excludes halogenated alkanes) is 2. The van der Waals surface area contributed by atoms with Gasteiger partial charge >= 0.3 is 5.97 Å². The van der Waals surface area contributed by atoms with E-state index in [9.17, 15) is 14.4 Å². The van der Waals surface area contributed by atoms with Gasteiger partial charge in [0.05, 0.1) is 12.0 Å². The first-order chi connectivity index (χ1) is 12.5. The van der Waals surface area contributed by atoms with Gasteiger partial charge in [0.15, 0.2) is 18.1 Å². The maximum absolute atomic E-state index is 12.4. The molecule has 0 spiro atoms. The van der Waals surface area contributed by atoms with Crippen molar-refractivity contribution in [3.8, 4) is 11.5 Å². The summed E-state index contributed by atoms with van der Waals surface area (Å²) in [5, 5.41) is 8.43. The number of rotatable bonds is 9. The molecule has 2 rings (SSSR count). The van der Waals surface area contributed by atoms with Gasteiger partial charge in [0.25, 0.3) is 11.1 Å². The van der Waals surface area contributed by atoms with Gasteiger partial charge in [0, 0.05) is 6.54 Å². The van der Waals surface area contributed by atoms with E-state index in [4.69, 9.17) is 14.6 Å². The summed E-state index contributed by atoms with van der Waals surface area (Å²) in [7, 11) is 1.44. The Bertz CT molecular complexity index is 730. The standard InChI is InChI=1S/C18H21NO6S/c1-3-4-5-8-19-17(22)15(26-18(19)23)10-12-6-7-13(14(9-12)24-2)25-11-16(20)21/h6-7,9-10H,3-5,8,11H2,1-2H3,(H,20,21)/b15-10-. The molecule has 1 aromatic rings. The molecule has 26 heavy (non-hydrogen) atoms. The molecule has 0 aromatic heterocycles. The second kappa shape index (κ2) is 9.28.